The molecule has 0 saturated carbocycles. The summed E-state index contributed by atoms with van der Waals surface area (Å²) in [4.78, 5) is 13.9. The Bertz CT molecular complexity index is 584. The first-order valence-electron chi connectivity index (χ1n) is 6.39. The molecular weight excluding hydrogens is 325 g/mol. The molecular formula is C13H14ClF3N2O3. The predicted octanol–water partition coefficient (Wildman–Crippen LogP) is 1.69. The summed E-state index contributed by atoms with van der Waals surface area (Å²) in [5.41, 5.74) is 1.19. The predicted molar refractivity (Wildman–Crippen MR) is 72.7 cm³/mol. The molecule has 3 rings (SSSR count). The molecule has 1 fully saturated rings. The van der Waals surface area contributed by atoms with Crippen molar-refractivity contribution >= 4 is 18.3 Å². The van der Waals surface area contributed by atoms with E-state index < -0.39 is 18.0 Å². The normalized spacial score (nSPS) is 24.1. The molecule has 0 aromatic carbocycles. The lowest BCUT2D eigenvalue weighted by Gasteiger charge is -2.26. The van der Waals surface area contributed by atoms with E-state index in [1.54, 1.807) is 6.08 Å². The molecule has 2 heterocycles. The van der Waals surface area contributed by atoms with Crippen molar-refractivity contribution < 1.29 is 27.4 Å². The molecule has 1 atom stereocenters. The van der Waals surface area contributed by atoms with Crippen molar-refractivity contribution in [2.24, 2.45) is 5.92 Å². The zero-order valence-electron chi connectivity index (χ0n) is 11.6. The van der Waals surface area contributed by atoms with Gasteiger partial charge in [-0.15, -0.1) is 25.6 Å². The number of nitrogens with zero attached hydrogens (tertiary/aromatic N) is 1. The average Bonchev–Trinajstić information content (AvgIpc) is 2.71. The molecule has 0 bridgehead atoms. The quantitative estimate of drug-likeness (QED) is 0.832. The van der Waals surface area contributed by atoms with Crippen LogP contribution in [0.5, 0.6) is 0 Å². The molecule has 122 valence electrons. The highest BCUT2D eigenvalue weighted by Crippen LogP contribution is 2.42. The number of nitrogens with one attached hydrogen (secondary N) is 1. The fourth-order valence-corrected chi connectivity index (χ4v) is 2.78. The zero-order valence-corrected chi connectivity index (χ0v) is 12.4. The Kier molecular flexibility index (Phi) is 4.44. The maximum Gasteiger partial charge on any atom is 0.572 e. The Hall–Kier alpha value is -1.67. The number of alkyl halides is 3. The van der Waals surface area contributed by atoms with E-state index in [0.717, 1.165) is 6.08 Å². The number of amides is 1. The van der Waals surface area contributed by atoms with Crippen molar-refractivity contribution in [3.63, 3.8) is 0 Å². The lowest BCUT2D eigenvalue weighted by Crippen LogP contribution is -2.43. The van der Waals surface area contributed by atoms with Crippen LogP contribution >= 0.6 is 12.4 Å². The van der Waals surface area contributed by atoms with E-state index in [9.17, 15) is 18.0 Å². The van der Waals surface area contributed by atoms with E-state index in [2.05, 4.69) is 10.1 Å². The van der Waals surface area contributed by atoms with Crippen LogP contribution in [0.15, 0.2) is 34.9 Å². The molecule has 3 aliphatic rings. The molecule has 0 aromatic heterocycles. The molecule has 1 aliphatic carbocycles. The summed E-state index contributed by atoms with van der Waals surface area (Å²) < 4.78 is 46.7. The van der Waals surface area contributed by atoms with Gasteiger partial charge in [0, 0.05) is 31.4 Å². The average molecular weight is 339 g/mol. The van der Waals surface area contributed by atoms with Gasteiger partial charge in [-0.05, 0) is 11.6 Å². The summed E-state index contributed by atoms with van der Waals surface area (Å²) >= 11 is 0. The van der Waals surface area contributed by atoms with Gasteiger partial charge in [0.25, 0.3) is 0 Å². The highest BCUT2D eigenvalue weighted by atomic mass is 35.5. The van der Waals surface area contributed by atoms with E-state index in [0.29, 0.717) is 30.9 Å². The van der Waals surface area contributed by atoms with Gasteiger partial charge in [-0.3, -0.25) is 4.79 Å². The van der Waals surface area contributed by atoms with Crippen molar-refractivity contribution in [2.45, 2.75) is 6.36 Å². The molecule has 0 spiro atoms. The van der Waals surface area contributed by atoms with Gasteiger partial charge in [0.15, 0.2) is 0 Å². The third kappa shape index (κ3) is 2.80. The van der Waals surface area contributed by atoms with Crippen molar-refractivity contribution in [1.29, 1.82) is 0 Å². The van der Waals surface area contributed by atoms with Crippen molar-refractivity contribution in [2.75, 3.05) is 26.7 Å². The van der Waals surface area contributed by atoms with Crippen molar-refractivity contribution in [3.8, 4) is 0 Å². The number of piperazine rings is 1. The number of hydrogen-bond acceptors (Lipinski definition) is 4. The second-order valence-corrected chi connectivity index (χ2v) is 4.85. The zero-order chi connectivity index (χ0) is 15.2. The third-order valence-electron chi connectivity index (χ3n) is 3.62. The fourth-order valence-electron chi connectivity index (χ4n) is 2.78. The monoisotopic (exact) mass is 338 g/mol. The molecule has 2 aliphatic heterocycles. The van der Waals surface area contributed by atoms with Crippen LogP contribution in [0.25, 0.3) is 0 Å². The van der Waals surface area contributed by atoms with E-state index >= 15 is 0 Å². The van der Waals surface area contributed by atoms with Gasteiger partial charge in [0.1, 0.15) is 17.4 Å². The summed E-state index contributed by atoms with van der Waals surface area (Å²) in [5.74, 6) is -1.64. The number of ether oxygens (including phenoxy) is 2. The number of methoxy groups -OCH3 is 1. The Labute approximate surface area is 130 Å². The molecule has 9 heteroatoms. The molecule has 1 amide bonds. The largest absolute Gasteiger partial charge is 0.572 e. The Morgan fingerprint density at radius 3 is 2.73 bits per heavy atom. The van der Waals surface area contributed by atoms with Gasteiger partial charge in [-0.1, -0.05) is 0 Å². The highest BCUT2D eigenvalue weighted by Gasteiger charge is 2.47. The lowest BCUT2D eigenvalue weighted by molar-refractivity contribution is -0.307. The first kappa shape index (κ1) is 16.7. The van der Waals surface area contributed by atoms with Gasteiger partial charge < -0.3 is 19.7 Å². The molecule has 0 radical (unpaired) electrons. The van der Waals surface area contributed by atoms with Crippen molar-refractivity contribution in [1.82, 2.24) is 10.2 Å². The third-order valence-corrected chi connectivity index (χ3v) is 3.62. The maximum atomic E-state index is 12.5. The van der Waals surface area contributed by atoms with E-state index in [1.165, 1.54) is 12.0 Å². The maximum absolute atomic E-state index is 12.5. The van der Waals surface area contributed by atoms with Crippen LogP contribution < -0.4 is 5.32 Å². The van der Waals surface area contributed by atoms with Crippen LogP contribution in [-0.4, -0.2) is 43.9 Å². The number of rotatable bonds is 2. The molecule has 0 aromatic rings. The number of halogens is 4. The summed E-state index contributed by atoms with van der Waals surface area (Å²) in [6, 6.07) is 0. The minimum absolute atomic E-state index is 0. The van der Waals surface area contributed by atoms with E-state index in [4.69, 9.17) is 4.74 Å². The Balaban J connectivity index is 0.00000176. The summed E-state index contributed by atoms with van der Waals surface area (Å²) in [6.07, 6.45) is -2.14. The number of carbonyl (C=O) groups excluding carboxylic acids is 1. The van der Waals surface area contributed by atoms with Gasteiger partial charge >= 0.3 is 6.36 Å². The smallest absolute Gasteiger partial charge is 0.497 e. The van der Waals surface area contributed by atoms with Crippen LogP contribution in [0, 0.1) is 5.92 Å². The molecule has 1 N–H and O–H groups in total. The van der Waals surface area contributed by atoms with Crippen LogP contribution in [0.1, 0.15) is 0 Å². The number of fused-ring (bicyclic) bond motifs is 2. The molecule has 5 nitrogen and oxygen atoms in total. The SMILES string of the molecule is COC1=CC2=C3CNCCN3C(=O)C2C(OC(F)(F)F)=C1.Cl. The van der Waals surface area contributed by atoms with Gasteiger partial charge in [0.2, 0.25) is 5.91 Å². The van der Waals surface area contributed by atoms with E-state index in [1.807, 2.05) is 0 Å². The second-order valence-electron chi connectivity index (χ2n) is 4.85. The number of carbonyl (C=O) groups is 1. The van der Waals surface area contributed by atoms with Crippen LogP contribution in [0.3, 0.4) is 0 Å². The Morgan fingerprint density at radius 1 is 1.36 bits per heavy atom. The molecule has 22 heavy (non-hydrogen) atoms. The second kappa shape index (κ2) is 5.85. The molecule has 1 unspecified atom stereocenters. The lowest BCUT2D eigenvalue weighted by atomic mass is 9.92. The van der Waals surface area contributed by atoms with Crippen LogP contribution in [0.4, 0.5) is 13.2 Å². The van der Waals surface area contributed by atoms with Crippen LogP contribution in [0.2, 0.25) is 0 Å². The van der Waals surface area contributed by atoms with Gasteiger partial charge in [0.05, 0.1) is 7.11 Å². The topological polar surface area (TPSA) is 50.8 Å². The fraction of sp³-hybridized carbons (Fsp3) is 0.462. The van der Waals surface area contributed by atoms with Crippen LogP contribution in [-0.2, 0) is 14.3 Å². The van der Waals surface area contributed by atoms with Gasteiger partial charge in [-0.2, -0.15) is 0 Å². The standard InChI is InChI=1S/C13H13F3N2O3.ClH/c1-20-7-4-8-9-6-17-2-3-18(9)12(19)11(8)10(5-7)21-13(14,15)16;/h4-5,11,17H,2-3,6H2,1H3;1H. The first-order chi connectivity index (χ1) is 9.90. The summed E-state index contributed by atoms with van der Waals surface area (Å²) in [7, 11) is 1.35. The minimum atomic E-state index is -4.85. The number of allylic oxidation sites excluding steroid dienone is 2. The summed E-state index contributed by atoms with van der Waals surface area (Å²) in [5, 5.41) is 3.10. The highest BCUT2D eigenvalue weighted by molar-refractivity contribution is 5.91. The summed E-state index contributed by atoms with van der Waals surface area (Å²) in [6.45, 7) is 1.48. The number of hydrogen-bond donors (Lipinski definition) is 1. The minimum Gasteiger partial charge on any atom is -0.497 e. The molecule has 1 saturated heterocycles. The Morgan fingerprint density at radius 2 is 2.09 bits per heavy atom. The first-order valence-corrected chi connectivity index (χ1v) is 6.39. The van der Waals surface area contributed by atoms with Crippen molar-refractivity contribution in [3.05, 3.63) is 34.9 Å². The van der Waals surface area contributed by atoms with E-state index in [-0.39, 0.29) is 24.1 Å². The van der Waals surface area contributed by atoms with Gasteiger partial charge in [-0.25, -0.2) is 0 Å².